The Morgan fingerprint density at radius 2 is 1.68 bits per heavy atom. The van der Waals surface area contributed by atoms with Crippen LogP contribution < -0.4 is 4.74 Å². The van der Waals surface area contributed by atoms with Crippen LogP contribution in [-0.4, -0.2) is 66.6 Å². The minimum atomic E-state index is -4.84. The summed E-state index contributed by atoms with van der Waals surface area (Å²) in [7, 11) is -4.15. The number of carbonyl (C=O) groups excluding carboxylic acids is 1. The van der Waals surface area contributed by atoms with E-state index in [0.29, 0.717) is 61.1 Å². The molecule has 2 saturated heterocycles. The van der Waals surface area contributed by atoms with Gasteiger partial charge in [-0.25, -0.2) is 21.8 Å². The summed E-state index contributed by atoms with van der Waals surface area (Å²) in [5.41, 5.74) is 2.76. The number of amides is 1. The number of pyridine rings is 1. The smallest absolute Gasteiger partial charge is 0.406 e. The van der Waals surface area contributed by atoms with Crippen LogP contribution in [0.1, 0.15) is 57.9 Å². The molecular weight excluding hydrogens is 642 g/mol. The molecule has 2 aromatic heterocycles. The standard InChI is InChI=1S/C33H31F4N3O6S/c1-20-2-8-24(9-3-20)47(42,43)40-27-18-32(44-16-17-45-32)13-10-25(27)29-28(26(34)19-38-30(29)40)21-11-14-39(15-12-21)31(41)22-4-6-23(7-5-22)46-33(35,36)37/h2-9,19,21H,10-18H2,1H3. The molecule has 47 heavy (non-hydrogen) atoms. The summed E-state index contributed by atoms with van der Waals surface area (Å²) in [6, 6.07) is 11.2. The third-order valence-corrected chi connectivity index (χ3v) is 11.0. The number of alkyl halides is 3. The van der Waals surface area contributed by atoms with Gasteiger partial charge in [-0.1, -0.05) is 17.7 Å². The van der Waals surface area contributed by atoms with Gasteiger partial charge >= 0.3 is 6.36 Å². The summed E-state index contributed by atoms with van der Waals surface area (Å²) in [6.07, 6.45) is -1.98. The minimum Gasteiger partial charge on any atom is -0.406 e. The number of hydrogen-bond donors (Lipinski definition) is 0. The molecule has 4 heterocycles. The third kappa shape index (κ3) is 5.76. The van der Waals surface area contributed by atoms with Gasteiger partial charge in [0.1, 0.15) is 11.6 Å². The zero-order chi connectivity index (χ0) is 33.1. The fourth-order valence-electron chi connectivity index (χ4n) is 7.01. The second kappa shape index (κ2) is 11.6. The normalized spacial score (nSPS) is 18.5. The monoisotopic (exact) mass is 673 g/mol. The van der Waals surface area contributed by atoms with Crippen LogP contribution in [-0.2, 0) is 32.3 Å². The molecule has 0 atom stereocenters. The molecule has 2 fully saturated rings. The van der Waals surface area contributed by atoms with E-state index in [0.717, 1.165) is 23.9 Å². The first kappa shape index (κ1) is 31.6. The first-order chi connectivity index (χ1) is 22.4. The van der Waals surface area contributed by atoms with Crippen LogP contribution in [0.2, 0.25) is 0 Å². The summed E-state index contributed by atoms with van der Waals surface area (Å²) in [4.78, 5) is 19.2. The second-order valence-electron chi connectivity index (χ2n) is 12.1. The fourth-order valence-corrected chi connectivity index (χ4v) is 8.54. The molecule has 0 bridgehead atoms. The molecule has 0 saturated carbocycles. The highest BCUT2D eigenvalue weighted by atomic mass is 32.2. The van der Waals surface area contributed by atoms with Crippen molar-refractivity contribution in [3.63, 3.8) is 0 Å². The highest BCUT2D eigenvalue weighted by Crippen LogP contribution is 2.45. The van der Waals surface area contributed by atoms with E-state index < -0.39 is 33.7 Å². The number of fused-ring (bicyclic) bond motifs is 3. The van der Waals surface area contributed by atoms with Gasteiger partial charge in [0.05, 0.1) is 24.3 Å². The largest absolute Gasteiger partial charge is 0.573 e. The second-order valence-corrected chi connectivity index (χ2v) is 13.9. The van der Waals surface area contributed by atoms with Crippen LogP contribution in [0.3, 0.4) is 0 Å². The Balaban J connectivity index is 1.23. The number of benzene rings is 2. The first-order valence-electron chi connectivity index (χ1n) is 15.3. The van der Waals surface area contributed by atoms with Crippen molar-refractivity contribution in [2.45, 2.75) is 62.0 Å². The Bertz CT molecular complexity index is 1950. The number of carbonyl (C=O) groups is 1. The quantitative estimate of drug-likeness (QED) is 0.245. The molecule has 4 aromatic rings. The Labute approximate surface area is 268 Å². The Hall–Kier alpha value is -4.01. The van der Waals surface area contributed by atoms with Crippen molar-refractivity contribution in [3.05, 3.63) is 88.5 Å². The zero-order valence-electron chi connectivity index (χ0n) is 25.3. The van der Waals surface area contributed by atoms with E-state index in [1.807, 2.05) is 6.92 Å². The van der Waals surface area contributed by atoms with Crippen molar-refractivity contribution in [2.75, 3.05) is 26.3 Å². The molecule has 2 aromatic carbocycles. The molecule has 2 aliphatic heterocycles. The van der Waals surface area contributed by atoms with Gasteiger partial charge in [0, 0.05) is 48.1 Å². The molecule has 1 amide bonds. The predicted octanol–water partition coefficient (Wildman–Crippen LogP) is 5.87. The van der Waals surface area contributed by atoms with Gasteiger partial charge in [-0.15, -0.1) is 13.2 Å². The summed E-state index contributed by atoms with van der Waals surface area (Å²) in [5, 5.41) is 0.466. The Kier molecular flexibility index (Phi) is 7.79. The lowest BCUT2D eigenvalue weighted by Crippen LogP contribution is -2.38. The highest BCUT2D eigenvalue weighted by Gasteiger charge is 2.45. The van der Waals surface area contributed by atoms with Crippen LogP contribution >= 0.6 is 0 Å². The van der Waals surface area contributed by atoms with E-state index >= 15 is 4.39 Å². The molecule has 0 N–H and O–H groups in total. The summed E-state index contributed by atoms with van der Waals surface area (Å²) >= 11 is 0. The Morgan fingerprint density at radius 3 is 2.32 bits per heavy atom. The van der Waals surface area contributed by atoms with Crippen molar-refractivity contribution >= 4 is 27.0 Å². The molecular formula is C33H31F4N3O6S. The van der Waals surface area contributed by atoms with E-state index in [4.69, 9.17) is 9.47 Å². The lowest BCUT2D eigenvalue weighted by atomic mass is 9.84. The average Bonchev–Trinajstić information content (AvgIpc) is 3.62. The number of piperidine rings is 1. The van der Waals surface area contributed by atoms with Gasteiger partial charge in [0.15, 0.2) is 11.4 Å². The topological polar surface area (TPSA) is 100.0 Å². The van der Waals surface area contributed by atoms with E-state index in [1.54, 1.807) is 17.0 Å². The third-order valence-electron chi connectivity index (χ3n) is 9.23. The van der Waals surface area contributed by atoms with Gasteiger partial charge < -0.3 is 19.1 Å². The molecule has 14 heteroatoms. The van der Waals surface area contributed by atoms with E-state index in [-0.39, 0.29) is 47.4 Å². The van der Waals surface area contributed by atoms with Crippen molar-refractivity contribution in [1.29, 1.82) is 0 Å². The molecule has 3 aliphatic rings. The van der Waals surface area contributed by atoms with Crippen molar-refractivity contribution in [1.82, 2.24) is 13.9 Å². The molecule has 7 rings (SSSR count). The molecule has 0 unspecified atom stereocenters. The summed E-state index contributed by atoms with van der Waals surface area (Å²) in [6.45, 7) is 3.18. The SMILES string of the molecule is Cc1ccc(S(=O)(=O)n2c3c(c4c(C5CCN(C(=O)c6ccc(OC(F)(F)F)cc6)CC5)c(F)cnc42)CCC2(C3)OCCO2)cc1. The number of rotatable bonds is 5. The Morgan fingerprint density at radius 1 is 1.02 bits per heavy atom. The van der Waals surface area contributed by atoms with Crippen molar-refractivity contribution in [2.24, 2.45) is 0 Å². The zero-order valence-corrected chi connectivity index (χ0v) is 26.2. The van der Waals surface area contributed by atoms with Crippen LogP contribution in [0, 0.1) is 12.7 Å². The van der Waals surface area contributed by atoms with Gasteiger partial charge in [-0.3, -0.25) is 4.79 Å². The van der Waals surface area contributed by atoms with Crippen LogP contribution in [0.15, 0.2) is 59.6 Å². The van der Waals surface area contributed by atoms with Crippen LogP contribution in [0.5, 0.6) is 5.75 Å². The first-order valence-corrected chi connectivity index (χ1v) is 16.7. The van der Waals surface area contributed by atoms with E-state index in [1.165, 1.54) is 28.2 Å². The molecule has 1 spiro atoms. The van der Waals surface area contributed by atoms with Crippen molar-refractivity contribution < 1.29 is 45.0 Å². The maximum absolute atomic E-state index is 15.9. The number of aromatic nitrogens is 2. The lowest BCUT2D eigenvalue weighted by Gasteiger charge is -2.33. The van der Waals surface area contributed by atoms with E-state index in [9.17, 15) is 26.4 Å². The number of nitrogens with zero attached hydrogens (tertiary/aromatic N) is 3. The number of ether oxygens (including phenoxy) is 3. The van der Waals surface area contributed by atoms with Gasteiger partial charge in [-0.05, 0) is 74.1 Å². The highest BCUT2D eigenvalue weighted by molar-refractivity contribution is 7.90. The van der Waals surface area contributed by atoms with Crippen molar-refractivity contribution in [3.8, 4) is 5.75 Å². The number of halogens is 4. The molecule has 1 aliphatic carbocycles. The van der Waals surface area contributed by atoms with Gasteiger partial charge in [-0.2, -0.15) is 0 Å². The minimum absolute atomic E-state index is 0.0770. The van der Waals surface area contributed by atoms with Crippen LogP contribution in [0.4, 0.5) is 17.6 Å². The number of hydrogen-bond acceptors (Lipinski definition) is 7. The number of likely N-dealkylation sites (tertiary alicyclic amines) is 1. The maximum Gasteiger partial charge on any atom is 0.573 e. The summed E-state index contributed by atoms with van der Waals surface area (Å²) in [5.74, 6) is -2.66. The molecule has 9 nitrogen and oxygen atoms in total. The van der Waals surface area contributed by atoms with Crippen LogP contribution in [0.25, 0.3) is 11.0 Å². The van der Waals surface area contributed by atoms with Gasteiger partial charge in [0.2, 0.25) is 0 Å². The maximum atomic E-state index is 15.9. The predicted molar refractivity (Wildman–Crippen MR) is 161 cm³/mol. The molecule has 0 radical (unpaired) electrons. The molecule has 248 valence electrons. The van der Waals surface area contributed by atoms with E-state index in [2.05, 4.69) is 9.72 Å². The lowest BCUT2D eigenvalue weighted by molar-refractivity contribution is -0.274. The fraction of sp³-hybridized carbons (Fsp3) is 0.394. The summed E-state index contributed by atoms with van der Waals surface area (Å²) < 4.78 is 99.0. The number of aryl methyl sites for hydroxylation is 2. The van der Waals surface area contributed by atoms with Gasteiger partial charge in [0.25, 0.3) is 15.9 Å². The average molecular weight is 674 g/mol.